The first-order valence-corrected chi connectivity index (χ1v) is 8.57. The van der Waals surface area contributed by atoms with E-state index in [4.69, 9.17) is 25.8 Å². The van der Waals surface area contributed by atoms with Crippen molar-refractivity contribution < 1.29 is 37.3 Å². The molecule has 1 heterocycles. The number of nitrogens with one attached hydrogen (secondary N) is 1. The molecule has 0 unspecified atom stereocenters. The lowest BCUT2D eigenvalue weighted by atomic mass is 10.2. The van der Waals surface area contributed by atoms with Gasteiger partial charge in [-0.1, -0.05) is 17.7 Å². The summed E-state index contributed by atoms with van der Waals surface area (Å²) in [6.45, 7) is -3.41. The Balaban J connectivity index is 1.47. The highest BCUT2D eigenvalue weighted by atomic mass is 35.5. The third-order valence-electron chi connectivity index (χ3n) is 3.59. The molecule has 29 heavy (non-hydrogen) atoms. The predicted molar refractivity (Wildman–Crippen MR) is 99.3 cm³/mol. The topological polar surface area (TPSA) is 83.1 Å². The molecule has 7 nitrogen and oxygen atoms in total. The van der Waals surface area contributed by atoms with Crippen LogP contribution in [0, 0.1) is 0 Å². The highest BCUT2D eigenvalue weighted by Gasteiger charge is 2.13. The minimum absolute atomic E-state index is 0.105. The van der Waals surface area contributed by atoms with Gasteiger partial charge in [0, 0.05) is 11.8 Å². The van der Waals surface area contributed by atoms with Crippen molar-refractivity contribution in [2.75, 3.05) is 18.7 Å². The van der Waals surface area contributed by atoms with Gasteiger partial charge in [0.25, 0.3) is 5.91 Å². The number of ether oxygens (including phenoxy) is 4. The van der Waals surface area contributed by atoms with E-state index in [1.807, 2.05) is 0 Å². The van der Waals surface area contributed by atoms with Gasteiger partial charge in [-0.15, -0.1) is 0 Å². The van der Waals surface area contributed by atoms with E-state index < -0.39 is 25.1 Å². The lowest BCUT2D eigenvalue weighted by Gasteiger charge is -2.09. The normalized spacial score (nSPS) is 12.3. The van der Waals surface area contributed by atoms with Crippen molar-refractivity contribution >= 4 is 35.2 Å². The Labute approximate surface area is 168 Å². The summed E-state index contributed by atoms with van der Waals surface area (Å²) >= 11 is 5.80. The molecule has 3 rings (SSSR count). The molecule has 2 aromatic carbocycles. The monoisotopic (exact) mass is 425 g/mol. The fourth-order valence-corrected chi connectivity index (χ4v) is 2.56. The van der Waals surface area contributed by atoms with E-state index in [1.165, 1.54) is 24.3 Å². The van der Waals surface area contributed by atoms with Crippen LogP contribution in [0.1, 0.15) is 5.56 Å². The largest absolute Gasteiger partial charge is 0.454 e. The van der Waals surface area contributed by atoms with Gasteiger partial charge < -0.3 is 24.3 Å². The molecule has 0 atom stereocenters. The lowest BCUT2D eigenvalue weighted by Crippen LogP contribution is -2.20. The zero-order valence-electron chi connectivity index (χ0n) is 14.7. The molecule has 0 saturated heterocycles. The number of carbonyl (C=O) groups excluding carboxylic acids is 2. The van der Waals surface area contributed by atoms with Gasteiger partial charge in [0.05, 0.1) is 5.02 Å². The van der Waals surface area contributed by atoms with Gasteiger partial charge in [-0.25, -0.2) is 4.79 Å². The molecule has 2 aromatic rings. The molecule has 0 aromatic heterocycles. The zero-order valence-corrected chi connectivity index (χ0v) is 15.4. The van der Waals surface area contributed by atoms with Gasteiger partial charge in [-0.2, -0.15) is 8.78 Å². The van der Waals surface area contributed by atoms with Crippen molar-refractivity contribution in [1.82, 2.24) is 0 Å². The highest BCUT2D eigenvalue weighted by Crippen LogP contribution is 2.32. The van der Waals surface area contributed by atoms with E-state index in [2.05, 4.69) is 10.1 Å². The number of hydrogen-bond donors (Lipinski definition) is 1. The molecule has 0 fully saturated rings. The summed E-state index contributed by atoms with van der Waals surface area (Å²) < 4.78 is 43.9. The average Bonchev–Trinajstić information content (AvgIpc) is 3.14. The minimum Gasteiger partial charge on any atom is -0.454 e. The Hall–Kier alpha value is -3.33. The van der Waals surface area contributed by atoms with Crippen molar-refractivity contribution in [3.63, 3.8) is 0 Å². The summed E-state index contributed by atoms with van der Waals surface area (Å²) in [4.78, 5) is 23.6. The number of fused-ring (bicyclic) bond motifs is 1. The van der Waals surface area contributed by atoms with Gasteiger partial charge in [0.15, 0.2) is 18.1 Å². The van der Waals surface area contributed by atoms with Gasteiger partial charge >= 0.3 is 12.6 Å². The average molecular weight is 426 g/mol. The van der Waals surface area contributed by atoms with E-state index in [0.29, 0.717) is 17.1 Å². The summed E-state index contributed by atoms with van der Waals surface area (Å²) in [6, 6.07) is 8.88. The zero-order chi connectivity index (χ0) is 20.8. The maximum absolute atomic E-state index is 12.2. The summed E-state index contributed by atoms with van der Waals surface area (Å²) in [5.74, 6) is -0.386. The SMILES string of the molecule is O=C(COC(=O)/C=C/c1ccc2c(c1)OCO2)Nc1ccc(OC(F)F)c(Cl)c1. The van der Waals surface area contributed by atoms with E-state index in [-0.39, 0.29) is 23.3 Å². The van der Waals surface area contributed by atoms with E-state index in [1.54, 1.807) is 18.2 Å². The number of hydrogen-bond acceptors (Lipinski definition) is 6. The number of alkyl halides is 2. The number of rotatable bonds is 7. The number of benzene rings is 2. The fraction of sp³-hybridized carbons (Fsp3) is 0.158. The molecule has 1 aliphatic rings. The summed E-state index contributed by atoms with van der Waals surface area (Å²) in [5.41, 5.74) is 0.921. The number of esters is 1. The van der Waals surface area contributed by atoms with Gasteiger partial charge in [-0.05, 0) is 42.0 Å². The first kappa shape index (κ1) is 20.4. The van der Waals surface area contributed by atoms with Crippen LogP contribution in [-0.4, -0.2) is 31.9 Å². The molecular weight excluding hydrogens is 412 g/mol. The third-order valence-corrected chi connectivity index (χ3v) is 3.88. The Morgan fingerprint density at radius 2 is 1.97 bits per heavy atom. The third kappa shape index (κ3) is 5.82. The van der Waals surface area contributed by atoms with E-state index >= 15 is 0 Å². The first-order valence-electron chi connectivity index (χ1n) is 8.19. The van der Waals surface area contributed by atoms with Gasteiger partial charge in [0.1, 0.15) is 5.75 Å². The molecule has 1 amide bonds. The molecule has 10 heteroatoms. The van der Waals surface area contributed by atoms with Crippen molar-refractivity contribution in [2.45, 2.75) is 6.61 Å². The molecule has 1 aliphatic heterocycles. The molecule has 0 spiro atoms. The van der Waals surface area contributed by atoms with E-state index in [9.17, 15) is 18.4 Å². The maximum Gasteiger partial charge on any atom is 0.387 e. The van der Waals surface area contributed by atoms with Crippen LogP contribution in [0.25, 0.3) is 6.08 Å². The summed E-state index contributed by atoms with van der Waals surface area (Å²) in [6.07, 6.45) is 2.67. The predicted octanol–water partition coefficient (Wildman–Crippen LogP) is 3.87. The first-order chi connectivity index (χ1) is 13.9. The molecule has 0 aliphatic carbocycles. The van der Waals surface area contributed by atoms with Crippen LogP contribution in [0.4, 0.5) is 14.5 Å². The van der Waals surface area contributed by atoms with Crippen LogP contribution < -0.4 is 19.5 Å². The fourth-order valence-electron chi connectivity index (χ4n) is 2.33. The second-order valence-corrected chi connectivity index (χ2v) is 6.03. The second kappa shape index (κ2) is 9.24. The summed E-state index contributed by atoms with van der Waals surface area (Å²) in [5, 5.41) is 2.32. The molecular formula is C19H14ClF2NO6. The lowest BCUT2D eigenvalue weighted by molar-refractivity contribution is -0.142. The quantitative estimate of drug-likeness (QED) is 0.535. The second-order valence-electron chi connectivity index (χ2n) is 5.63. The van der Waals surface area contributed by atoms with Crippen molar-refractivity contribution in [3.8, 4) is 17.2 Å². The van der Waals surface area contributed by atoms with Crippen LogP contribution in [0.2, 0.25) is 5.02 Å². The molecule has 1 N–H and O–H groups in total. The molecule has 0 radical (unpaired) electrons. The summed E-state index contributed by atoms with van der Waals surface area (Å²) in [7, 11) is 0. The number of amides is 1. The standard InChI is InChI=1S/C19H14ClF2NO6/c20-13-8-12(3-5-14(13)29-19(21)22)23-17(24)9-26-18(25)6-2-11-1-4-15-16(7-11)28-10-27-15/h1-8,19H,9-10H2,(H,23,24)/b6-2+. The molecule has 152 valence electrons. The Bertz CT molecular complexity index is 950. The van der Waals surface area contributed by atoms with Crippen LogP contribution in [-0.2, 0) is 14.3 Å². The number of halogens is 3. The van der Waals surface area contributed by atoms with Crippen LogP contribution >= 0.6 is 11.6 Å². The van der Waals surface area contributed by atoms with E-state index in [0.717, 1.165) is 6.08 Å². The van der Waals surface area contributed by atoms with Gasteiger partial charge in [0.2, 0.25) is 6.79 Å². The molecule has 0 saturated carbocycles. The number of carbonyl (C=O) groups is 2. The van der Waals surface area contributed by atoms with Crippen LogP contribution in [0.5, 0.6) is 17.2 Å². The van der Waals surface area contributed by atoms with Crippen LogP contribution in [0.15, 0.2) is 42.5 Å². The van der Waals surface area contributed by atoms with Crippen LogP contribution in [0.3, 0.4) is 0 Å². The molecule has 0 bridgehead atoms. The highest BCUT2D eigenvalue weighted by molar-refractivity contribution is 6.32. The van der Waals surface area contributed by atoms with Crippen molar-refractivity contribution in [3.05, 3.63) is 53.1 Å². The Kier molecular flexibility index (Phi) is 6.50. The number of anilines is 1. The van der Waals surface area contributed by atoms with Gasteiger partial charge in [-0.3, -0.25) is 4.79 Å². The smallest absolute Gasteiger partial charge is 0.387 e. The maximum atomic E-state index is 12.2. The minimum atomic E-state index is -3.02. The Morgan fingerprint density at radius 3 is 2.72 bits per heavy atom. The van der Waals surface area contributed by atoms with Crippen molar-refractivity contribution in [1.29, 1.82) is 0 Å². The Morgan fingerprint density at radius 1 is 1.17 bits per heavy atom. The van der Waals surface area contributed by atoms with Crippen molar-refractivity contribution in [2.24, 2.45) is 0 Å².